The molecule has 1 heterocycles. The molecule has 0 spiro atoms. The van der Waals surface area contributed by atoms with Crippen molar-refractivity contribution >= 4 is 27.5 Å². The normalized spacial score (nSPS) is 11.9. The van der Waals surface area contributed by atoms with Gasteiger partial charge in [-0.25, -0.2) is 0 Å². The Morgan fingerprint density at radius 1 is 1.06 bits per heavy atom. The summed E-state index contributed by atoms with van der Waals surface area (Å²) in [4.78, 5) is 18.2. The van der Waals surface area contributed by atoms with E-state index in [0.29, 0.717) is 42.5 Å². The summed E-state index contributed by atoms with van der Waals surface area (Å²) in [5.41, 5.74) is 4.08. The largest absolute Gasteiger partial charge is 0.494 e. The lowest BCUT2D eigenvalue weighted by molar-refractivity contribution is 0.0996. The number of aromatic nitrogens is 1. The molecule has 0 bridgehead atoms. The first-order valence-corrected chi connectivity index (χ1v) is 11.8. The number of unbranched alkanes of at least 4 members (excludes halogenated alkanes) is 2. The van der Waals surface area contributed by atoms with Crippen LogP contribution in [-0.2, 0) is 11.3 Å². The molecule has 0 fully saturated rings. The van der Waals surface area contributed by atoms with Crippen molar-refractivity contribution in [3.63, 3.8) is 0 Å². The number of hydrogen-bond acceptors (Lipinski definition) is 4. The molecule has 0 aliphatic heterocycles. The molecule has 0 saturated carbocycles. The number of fused-ring (bicyclic) bond motifs is 1. The van der Waals surface area contributed by atoms with Gasteiger partial charge in [-0.05, 0) is 68.7 Å². The summed E-state index contributed by atoms with van der Waals surface area (Å²) in [6.45, 7) is 10.9. The number of carbonyl (C=O) groups is 1. The van der Waals surface area contributed by atoms with Crippen molar-refractivity contribution in [2.24, 2.45) is 4.99 Å². The zero-order valence-corrected chi connectivity index (χ0v) is 19.8. The van der Waals surface area contributed by atoms with Gasteiger partial charge in [0.15, 0.2) is 4.80 Å². The van der Waals surface area contributed by atoms with Crippen LogP contribution in [0.15, 0.2) is 41.4 Å². The molecular weight excluding hydrogens is 408 g/mol. The summed E-state index contributed by atoms with van der Waals surface area (Å²) in [6.07, 6.45) is 3.30. The average Bonchev–Trinajstić information content (AvgIpc) is 3.08. The van der Waals surface area contributed by atoms with Gasteiger partial charge in [-0.2, -0.15) is 4.99 Å². The maximum absolute atomic E-state index is 13.0. The Kier molecular flexibility index (Phi) is 8.43. The van der Waals surface area contributed by atoms with Gasteiger partial charge in [0.1, 0.15) is 5.75 Å². The molecule has 0 N–H and O–H groups in total. The second-order valence-corrected chi connectivity index (χ2v) is 8.65. The Balaban J connectivity index is 1.92. The van der Waals surface area contributed by atoms with E-state index in [1.54, 1.807) is 23.5 Å². The Morgan fingerprint density at radius 3 is 2.65 bits per heavy atom. The van der Waals surface area contributed by atoms with Crippen LogP contribution in [0.3, 0.4) is 0 Å². The van der Waals surface area contributed by atoms with Crippen molar-refractivity contribution < 1.29 is 14.3 Å². The van der Waals surface area contributed by atoms with Crippen molar-refractivity contribution in [2.75, 3.05) is 19.8 Å². The van der Waals surface area contributed by atoms with E-state index in [1.807, 2.05) is 19.1 Å². The maximum Gasteiger partial charge on any atom is 0.279 e. The lowest BCUT2D eigenvalue weighted by Crippen LogP contribution is -2.19. The van der Waals surface area contributed by atoms with Crippen LogP contribution < -0.4 is 9.54 Å². The number of ether oxygens (including phenoxy) is 2. The van der Waals surface area contributed by atoms with Crippen molar-refractivity contribution in [1.82, 2.24) is 4.57 Å². The first kappa shape index (κ1) is 23.2. The Labute approximate surface area is 188 Å². The number of benzene rings is 2. The van der Waals surface area contributed by atoms with E-state index in [9.17, 15) is 4.79 Å². The van der Waals surface area contributed by atoms with Gasteiger partial charge >= 0.3 is 0 Å². The minimum atomic E-state index is -0.260. The third-order valence-electron chi connectivity index (χ3n) is 5.26. The van der Waals surface area contributed by atoms with Crippen LogP contribution in [0, 0.1) is 13.8 Å². The van der Waals surface area contributed by atoms with Gasteiger partial charge in [0.2, 0.25) is 0 Å². The van der Waals surface area contributed by atoms with Gasteiger partial charge in [0.05, 0.1) is 23.4 Å². The van der Waals surface area contributed by atoms with E-state index < -0.39 is 0 Å². The molecule has 0 atom stereocenters. The maximum atomic E-state index is 13.0. The fraction of sp³-hybridized carbons (Fsp3) is 0.440. The minimum absolute atomic E-state index is 0.260. The highest BCUT2D eigenvalue weighted by Gasteiger charge is 2.11. The number of hydrogen-bond donors (Lipinski definition) is 0. The molecule has 0 radical (unpaired) electrons. The van der Waals surface area contributed by atoms with Gasteiger partial charge in [-0.15, -0.1) is 0 Å². The van der Waals surface area contributed by atoms with E-state index >= 15 is 0 Å². The summed E-state index contributed by atoms with van der Waals surface area (Å²) >= 11 is 1.54. The van der Waals surface area contributed by atoms with Crippen LogP contribution in [0.25, 0.3) is 10.2 Å². The molecule has 166 valence electrons. The summed E-state index contributed by atoms with van der Waals surface area (Å²) in [5, 5.41) is 0. The van der Waals surface area contributed by atoms with Gasteiger partial charge < -0.3 is 14.0 Å². The minimum Gasteiger partial charge on any atom is -0.494 e. The zero-order valence-electron chi connectivity index (χ0n) is 18.9. The van der Waals surface area contributed by atoms with Crippen molar-refractivity contribution in [3.8, 4) is 5.75 Å². The smallest absolute Gasteiger partial charge is 0.279 e. The molecule has 31 heavy (non-hydrogen) atoms. The first-order valence-electron chi connectivity index (χ1n) is 11.0. The SMILES string of the molecule is CCCCCOc1cccc(C(=O)N=c2sc3cc(C)c(C)cc3n2CCOCC)c1. The monoisotopic (exact) mass is 440 g/mol. The van der Waals surface area contributed by atoms with Crippen LogP contribution in [0.2, 0.25) is 0 Å². The third-order valence-corrected chi connectivity index (χ3v) is 6.30. The molecular formula is C25H32N2O3S. The quantitative estimate of drug-likeness (QED) is 0.382. The van der Waals surface area contributed by atoms with Crippen molar-refractivity contribution in [3.05, 3.63) is 57.9 Å². The highest BCUT2D eigenvalue weighted by Crippen LogP contribution is 2.22. The number of thiazole rings is 1. The fourth-order valence-electron chi connectivity index (χ4n) is 3.34. The predicted octanol–water partition coefficient (Wildman–Crippen LogP) is 5.67. The second-order valence-electron chi connectivity index (χ2n) is 7.64. The van der Waals surface area contributed by atoms with Gasteiger partial charge in [0, 0.05) is 18.7 Å². The number of aryl methyl sites for hydroxylation is 2. The lowest BCUT2D eigenvalue weighted by Gasteiger charge is -2.07. The molecule has 3 aromatic rings. The molecule has 0 aliphatic rings. The number of rotatable bonds is 10. The molecule has 0 unspecified atom stereocenters. The summed E-state index contributed by atoms with van der Waals surface area (Å²) in [6, 6.07) is 11.6. The molecule has 3 rings (SSSR count). The fourth-order valence-corrected chi connectivity index (χ4v) is 4.47. The van der Waals surface area contributed by atoms with Gasteiger partial charge in [-0.3, -0.25) is 4.79 Å². The molecule has 5 nitrogen and oxygen atoms in total. The van der Waals surface area contributed by atoms with Crippen LogP contribution >= 0.6 is 11.3 Å². The van der Waals surface area contributed by atoms with E-state index in [0.717, 1.165) is 29.5 Å². The average molecular weight is 441 g/mol. The summed E-state index contributed by atoms with van der Waals surface area (Å²) in [7, 11) is 0. The molecule has 0 saturated heterocycles. The van der Waals surface area contributed by atoms with Crippen LogP contribution in [0.1, 0.15) is 54.6 Å². The van der Waals surface area contributed by atoms with Crippen LogP contribution in [-0.4, -0.2) is 30.3 Å². The first-order chi connectivity index (χ1) is 15.0. The number of nitrogens with zero attached hydrogens (tertiary/aromatic N) is 2. The summed E-state index contributed by atoms with van der Waals surface area (Å²) < 4.78 is 14.6. The Morgan fingerprint density at radius 2 is 1.87 bits per heavy atom. The van der Waals surface area contributed by atoms with Crippen molar-refractivity contribution in [1.29, 1.82) is 0 Å². The molecule has 1 aromatic heterocycles. The standard InChI is InChI=1S/C25H32N2O3S/c1-5-7-8-13-30-21-11-9-10-20(17-21)24(28)26-25-27(12-14-29-6-2)22-15-18(3)19(4)16-23(22)31-25/h9-11,15-17H,5-8,12-14H2,1-4H3. The Hall–Kier alpha value is -2.44. The van der Waals surface area contributed by atoms with E-state index in [4.69, 9.17) is 9.47 Å². The Bertz CT molecular complexity index is 1100. The topological polar surface area (TPSA) is 52.8 Å². The van der Waals surface area contributed by atoms with Gasteiger partial charge in [-0.1, -0.05) is 37.2 Å². The summed E-state index contributed by atoms with van der Waals surface area (Å²) in [5.74, 6) is 0.452. The molecule has 2 aromatic carbocycles. The highest BCUT2D eigenvalue weighted by atomic mass is 32.1. The van der Waals surface area contributed by atoms with Gasteiger partial charge in [0.25, 0.3) is 5.91 Å². The molecule has 1 amide bonds. The zero-order chi connectivity index (χ0) is 22.2. The van der Waals surface area contributed by atoms with Crippen molar-refractivity contribution in [2.45, 2.75) is 53.5 Å². The second kappa shape index (κ2) is 11.3. The molecule has 6 heteroatoms. The third kappa shape index (κ3) is 6.05. The van der Waals surface area contributed by atoms with E-state index in [-0.39, 0.29) is 5.91 Å². The number of carbonyl (C=O) groups excluding carboxylic acids is 1. The predicted molar refractivity (Wildman–Crippen MR) is 127 cm³/mol. The lowest BCUT2D eigenvalue weighted by atomic mass is 10.1. The van der Waals surface area contributed by atoms with Crippen LogP contribution in [0.5, 0.6) is 5.75 Å². The number of amides is 1. The van der Waals surface area contributed by atoms with E-state index in [1.165, 1.54) is 11.1 Å². The van der Waals surface area contributed by atoms with E-state index in [2.05, 4.69) is 42.5 Å². The van der Waals surface area contributed by atoms with Crippen LogP contribution in [0.4, 0.5) is 0 Å². The highest BCUT2D eigenvalue weighted by molar-refractivity contribution is 7.16. The molecule has 0 aliphatic carbocycles.